The Kier molecular flexibility index (Phi) is 5.74. The number of hydrogen-bond acceptors (Lipinski definition) is 3. The van der Waals surface area contributed by atoms with Gasteiger partial charge in [0.1, 0.15) is 0 Å². The third-order valence-corrected chi connectivity index (χ3v) is 4.70. The minimum absolute atomic E-state index is 0.0278. The summed E-state index contributed by atoms with van der Waals surface area (Å²) in [6, 6.07) is 4.01. The van der Waals surface area contributed by atoms with Crippen LogP contribution in [0.25, 0.3) is 0 Å². The van der Waals surface area contributed by atoms with Gasteiger partial charge in [0.15, 0.2) is 0 Å². The van der Waals surface area contributed by atoms with Crippen LogP contribution in [0, 0.1) is 5.41 Å². The van der Waals surface area contributed by atoms with E-state index in [1.165, 1.54) is 24.8 Å². The zero-order valence-corrected chi connectivity index (χ0v) is 13.0. The molecule has 1 aromatic rings. The first-order chi connectivity index (χ1) is 10.2. The highest BCUT2D eigenvalue weighted by Gasteiger charge is 2.32. The van der Waals surface area contributed by atoms with Gasteiger partial charge >= 0.3 is 0 Å². The third-order valence-electron chi connectivity index (χ3n) is 4.70. The van der Waals surface area contributed by atoms with Crippen LogP contribution < -0.4 is 11.1 Å². The first kappa shape index (κ1) is 16.0. The molecule has 0 spiro atoms. The summed E-state index contributed by atoms with van der Waals surface area (Å²) in [5, 5.41) is 3.02. The van der Waals surface area contributed by atoms with Gasteiger partial charge < -0.3 is 11.1 Å². The normalized spacial score (nSPS) is 17.4. The van der Waals surface area contributed by atoms with Crippen molar-refractivity contribution in [2.45, 2.75) is 58.4 Å². The van der Waals surface area contributed by atoms with Crippen molar-refractivity contribution in [2.75, 3.05) is 6.54 Å². The lowest BCUT2D eigenvalue weighted by molar-refractivity contribution is -0.124. The molecule has 2 rings (SSSR count). The predicted octanol–water partition coefficient (Wildman–Crippen LogP) is 2.56. The molecule has 0 radical (unpaired) electrons. The van der Waals surface area contributed by atoms with E-state index < -0.39 is 0 Å². The smallest absolute Gasteiger partial charge is 0.220 e. The monoisotopic (exact) mass is 289 g/mol. The molecule has 1 amide bonds. The van der Waals surface area contributed by atoms with E-state index in [4.69, 9.17) is 5.73 Å². The molecule has 0 bridgehead atoms. The van der Waals surface area contributed by atoms with Gasteiger partial charge in [0, 0.05) is 12.6 Å². The summed E-state index contributed by atoms with van der Waals surface area (Å²) in [5.41, 5.74) is 8.14. The van der Waals surface area contributed by atoms with Crippen molar-refractivity contribution < 1.29 is 4.79 Å². The zero-order valence-electron chi connectivity index (χ0n) is 13.0. The Morgan fingerprint density at radius 3 is 2.81 bits per heavy atom. The van der Waals surface area contributed by atoms with Gasteiger partial charge in [-0.25, -0.2) is 0 Å². The largest absolute Gasteiger partial charge is 0.350 e. The number of hydrogen-bond donors (Lipinski definition) is 2. The maximum absolute atomic E-state index is 12.3. The van der Waals surface area contributed by atoms with Gasteiger partial charge in [0.25, 0.3) is 0 Å². The average Bonchev–Trinajstić information content (AvgIpc) is 2.54. The standard InChI is InChI=1S/C17H27N3O/c1-2-14-7-6-10-19-15(14)12-20-16(21)11-17(13-18)8-4-3-5-9-17/h6-7,10H,2-5,8-9,11-13,18H2,1H3,(H,20,21). The van der Waals surface area contributed by atoms with Crippen molar-refractivity contribution in [2.24, 2.45) is 11.1 Å². The summed E-state index contributed by atoms with van der Waals surface area (Å²) in [4.78, 5) is 16.6. The molecule has 1 aliphatic rings. The molecule has 1 fully saturated rings. The molecule has 0 aromatic carbocycles. The number of pyridine rings is 1. The van der Waals surface area contributed by atoms with Gasteiger partial charge in [-0.15, -0.1) is 0 Å². The fraction of sp³-hybridized carbons (Fsp3) is 0.647. The predicted molar refractivity (Wildman–Crippen MR) is 84.7 cm³/mol. The second-order valence-corrected chi connectivity index (χ2v) is 6.18. The van der Waals surface area contributed by atoms with Crippen LogP contribution in [0.2, 0.25) is 0 Å². The van der Waals surface area contributed by atoms with Crippen molar-refractivity contribution in [3.05, 3.63) is 29.6 Å². The molecule has 1 aliphatic carbocycles. The van der Waals surface area contributed by atoms with Crippen molar-refractivity contribution in [3.8, 4) is 0 Å². The van der Waals surface area contributed by atoms with Crippen LogP contribution in [0.15, 0.2) is 18.3 Å². The molecule has 0 saturated heterocycles. The first-order valence-electron chi connectivity index (χ1n) is 8.09. The van der Waals surface area contributed by atoms with Gasteiger partial charge in [-0.2, -0.15) is 0 Å². The molecule has 4 heteroatoms. The lowest BCUT2D eigenvalue weighted by Crippen LogP contribution is -2.38. The number of carbonyl (C=O) groups excluding carboxylic acids is 1. The van der Waals surface area contributed by atoms with Crippen molar-refractivity contribution >= 4 is 5.91 Å². The highest BCUT2D eigenvalue weighted by molar-refractivity contribution is 5.76. The maximum atomic E-state index is 12.3. The van der Waals surface area contributed by atoms with Gasteiger partial charge in [-0.1, -0.05) is 32.3 Å². The summed E-state index contributed by atoms with van der Waals surface area (Å²) in [6.45, 7) is 3.24. The van der Waals surface area contributed by atoms with Crippen molar-refractivity contribution in [3.63, 3.8) is 0 Å². The number of aryl methyl sites for hydroxylation is 1. The minimum atomic E-state index is 0.0278. The Hall–Kier alpha value is -1.42. The molecule has 1 aromatic heterocycles. The SMILES string of the molecule is CCc1cccnc1CNC(=O)CC1(CN)CCCCC1. The van der Waals surface area contributed by atoms with Crippen molar-refractivity contribution in [1.29, 1.82) is 0 Å². The molecular weight excluding hydrogens is 262 g/mol. The highest BCUT2D eigenvalue weighted by atomic mass is 16.1. The second kappa shape index (κ2) is 7.55. The first-order valence-corrected chi connectivity index (χ1v) is 8.09. The molecule has 21 heavy (non-hydrogen) atoms. The number of aromatic nitrogens is 1. The molecule has 4 nitrogen and oxygen atoms in total. The van der Waals surface area contributed by atoms with E-state index in [9.17, 15) is 4.79 Å². The van der Waals surface area contributed by atoms with E-state index in [1.807, 2.05) is 6.07 Å². The van der Waals surface area contributed by atoms with E-state index in [0.717, 1.165) is 25.0 Å². The molecule has 1 heterocycles. The van der Waals surface area contributed by atoms with Crippen molar-refractivity contribution in [1.82, 2.24) is 10.3 Å². The van der Waals surface area contributed by atoms with Gasteiger partial charge in [0.2, 0.25) is 5.91 Å². The summed E-state index contributed by atoms with van der Waals surface area (Å²) in [5.74, 6) is 0.107. The van der Waals surface area contributed by atoms with Crippen LogP contribution in [0.3, 0.4) is 0 Å². The fourth-order valence-electron chi connectivity index (χ4n) is 3.29. The third kappa shape index (κ3) is 4.27. The number of carbonyl (C=O) groups is 1. The fourth-order valence-corrected chi connectivity index (χ4v) is 3.29. The average molecular weight is 289 g/mol. The second-order valence-electron chi connectivity index (χ2n) is 6.18. The number of amides is 1. The van der Waals surface area contributed by atoms with Gasteiger partial charge in [-0.3, -0.25) is 9.78 Å². The number of nitrogens with one attached hydrogen (secondary N) is 1. The number of rotatable bonds is 6. The lowest BCUT2D eigenvalue weighted by Gasteiger charge is -2.35. The minimum Gasteiger partial charge on any atom is -0.350 e. The van der Waals surface area contributed by atoms with E-state index in [-0.39, 0.29) is 11.3 Å². The van der Waals surface area contributed by atoms with Crippen LogP contribution in [0.5, 0.6) is 0 Å². The molecule has 0 unspecified atom stereocenters. The maximum Gasteiger partial charge on any atom is 0.220 e. The molecule has 3 N–H and O–H groups in total. The molecule has 1 saturated carbocycles. The quantitative estimate of drug-likeness (QED) is 0.845. The summed E-state index contributed by atoms with van der Waals surface area (Å²) >= 11 is 0. The zero-order chi connectivity index (χ0) is 15.1. The number of nitrogens with zero attached hydrogens (tertiary/aromatic N) is 1. The Bertz CT molecular complexity index is 467. The topological polar surface area (TPSA) is 68.0 Å². The Morgan fingerprint density at radius 2 is 2.14 bits per heavy atom. The Labute approximate surface area is 127 Å². The summed E-state index contributed by atoms with van der Waals surface area (Å²) < 4.78 is 0. The molecule has 0 aliphatic heterocycles. The van der Waals surface area contributed by atoms with E-state index in [2.05, 4.69) is 23.3 Å². The van der Waals surface area contributed by atoms with Crippen LogP contribution in [-0.4, -0.2) is 17.4 Å². The van der Waals surface area contributed by atoms with Crippen LogP contribution in [0.4, 0.5) is 0 Å². The Balaban J connectivity index is 1.89. The van der Waals surface area contributed by atoms with Gasteiger partial charge in [-0.05, 0) is 42.9 Å². The summed E-state index contributed by atoms with van der Waals surface area (Å²) in [7, 11) is 0. The van der Waals surface area contributed by atoms with E-state index in [0.29, 0.717) is 19.5 Å². The van der Waals surface area contributed by atoms with Crippen LogP contribution >= 0.6 is 0 Å². The molecule has 0 atom stereocenters. The van der Waals surface area contributed by atoms with Gasteiger partial charge in [0.05, 0.1) is 12.2 Å². The van der Waals surface area contributed by atoms with E-state index in [1.54, 1.807) is 6.20 Å². The van der Waals surface area contributed by atoms with Crippen LogP contribution in [0.1, 0.15) is 56.7 Å². The molecular formula is C17H27N3O. The highest BCUT2D eigenvalue weighted by Crippen LogP contribution is 2.38. The number of nitrogens with two attached hydrogens (primary N) is 1. The Morgan fingerprint density at radius 1 is 1.38 bits per heavy atom. The van der Waals surface area contributed by atoms with E-state index >= 15 is 0 Å². The molecule has 116 valence electrons. The summed E-state index contributed by atoms with van der Waals surface area (Å²) in [6.07, 6.45) is 9.11. The lowest BCUT2D eigenvalue weighted by atomic mass is 9.71. The van der Waals surface area contributed by atoms with Crippen LogP contribution in [-0.2, 0) is 17.8 Å².